The Hall–Kier alpha value is -2.92. The van der Waals surface area contributed by atoms with Gasteiger partial charge in [-0.05, 0) is 38.4 Å². The highest BCUT2D eigenvalue weighted by Gasteiger charge is 2.21. The van der Waals surface area contributed by atoms with Gasteiger partial charge in [0, 0.05) is 23.7 Å². The van der Waals surface area contributed by atoms with Crippen molar-refractivity contribution < 1.29 is 9.21 Å². The van der Waals surface area contributed by atoms with Crippen molar-refractivity contribution in [2.75, 3.05) is 13.1 Å². The molecule has 1 amide bonds. The van der Waals surface area contributed by atoms with Crippen molar-refractivity contribution in [1.82, 2.24) is 10.6 Å². The fourth-order valence-corrected chi connectivity index (χ4v) is 3.59. The first-order valence-electron chi connectivity index (χ1n) is 9.28. The van der Waals surface area contributed by atoms with Crippen LogP contribution in [0.3, 0.4) is 0 Å². The van der Waals surface area contributed by atoms with Gasteiger partial charge in [-0.15, -0.1) is 0 Å². The lowest BCUT2D eigenvalue weighted by molar-refractivity contribution is 0.0931. The summed E-state index contributed by atoms with van der Waals surface area (Å²) in [6.45, 7) is 3.50. The van der Waals surface area contributed by atoms with Crippen molar-refractivity contribution in [1.29, 1.82) is 0 Å². The third kappa shape index (κ3) is 3.38. The summed E-state index contributed by atoms with van der Waals surface area (Å²) < 4.78 is 6.12. The van der Waals surface area contributed by atoms with E-state index in [2.05, 4.69) is 10.6 Å². The summed E-state index contributed by atoms with van der Waals surface area (Å²) >= 11 is 0. The molecular weight excluding hydrogens is 340 g/mol. The van der Waals surface area contributed by atoms with Crippen molar-refractivity contribution in [3.8, 4) is 11.3 Å². The van der Waals surface area contributed by atoms with Crippen LogP contribution >= 0.6 is 0 Å². The normalized spacial score (nSPS) is 17.0. The van der Waals surface area contributed by atoms with Gasteiger partial charge >= 0.3 is 0 Å². The average Bonchev–Trinajstić information content (AvgIpc) is 2.71. The molecule has 1 atom stereocenters. The number of piperidine rings is 1. The third-order valence-electron chi connectivity index (χ3n) is 5.06. The largest absolute Gasteiger partial charge is 0.455 e. The van der Waals surface area contributed by atoms with Gasteiger partial charge in [-0.25, -0.2) is 0 Å². The van der Waals surface area contributed by atoms with Crippen molar-refractivity contribution in [3.63, 3.8) is 0 Å². The van der Waals surface area contributed by atoms with Crippen molar-refractivity contribution in [3.05, 3.63) is 69.9 Å². The SMILES string of the molecule is Cc1c(-c2ccccc2)oc2c(C(=O)NC3CCCNC3)cccc2c1=O. The number of rotatable bonds is 3. The molecule has 27 heavy (non-hydrogen) atoms. The van der Waals surface area contributed by atoms with Crippen LogP contribution in [0.4, 0.5) is 0 Å². The van der Waals surface area contributed by atoms with Gasteiger partial charge in [0.1, 0.15) is 5.76 Å². The molecule has 0 aliphatic carbocycles. The lowest BCUT2D eigenvalue weighted by Gasteiger charge is -2.24. The molecule has 1 unspecified atom stereocenters. The maximum absolute atomic E-state index is 12.9. The highest BCUT2D eigenvalue weighted by Crippen LogP contribution is 2.27. The predicted octanol–water partition coefficient (Wildman–Crippen LogP) is 3.25. The molecular formula is C22H22N2O3. The first-order valence-corrected chi connectivity index (χ1v) is 9.28. The Morgan fingerprint density at radius 2 is 1.96 bits per heavy atom. The Bertz CT molecular complexity index is 1030. The average molecular weight is 362 g/mol. The molecule has 0 radical (unpaired) electrons. The second-order valence-electron chi connectivity index (χ2n) is 6.95. The standard InChI is InChI=1S/C22H22N2O3/c1-14-19(25)17-10-5-11-18(22(26)24-16-9-6-12-23-13-16)21(17)27-20(14)15-7-3-2-4-8-15/h2-5,7-8,10-11,16,23H,6,9,12-13H2,1H3,(H,24,26). The highest BCUT2D eigenvalue weighted by molar-refractivity contribution is 6.05. The van der Waals surface area contributed by atoms with E-state index in [1.165, 1.54) is 0 Å². The lowest BCUT2D eigenvalue weighted by Crippen LogP contribution is -2.45. The van der Waals surface area contributed by atoms with E-state index in [1.807, 2.05) is 30.3 Å². The number of carbonyl (C=O) groups is 1. The number of carbonyl (C=O) groups excluding carboxylic acids is 1. The Morgan fingerprint density at radius 3 is 2.70 bits per heavy atom. The van der Waals surface area contributed by atoms with Crippen molar-refractivity contribution in [2.45, 2.75) is 25.8 Å². The molecule has 2 heterocycles. The van der Waals surface area contributed by atoms with E-state index >= 15 is 0 Å². The molecule has 2 aromatic carbocycles. The molecule has 3 aromatic rings. The molecule has 138 valence electrons. The minimum absolute atomic E-state index is 0.0901. The number of hydrogen-bond donors (Lipinski definition) is 2. The summed E-state index contributed by atoms with van der Waals surface area (Å²) in [6.07, 6.45) is 1.98. The molecule has 0 saturated carbocycles. The van der Waals surface area contributed by atoms with Gasteiger partial charge < -0.3 is 15.1 Å². The number of hydrogen-bond acceptors (Lipinski definition) is 4. The maximum Gasteiger partial charge on any atom is 0.255 e. The monoisotopic (exact) mass is 362 g/mol. The molecule has 1 fully saturated rings. The summed E-state index contributed by atoms with van der Waals surface area (Å²) in [5.41, 5.74) is 1.99. The first kappa shape index (κ1) is 17.5. The van der Waals surface area contributed by atoms with Gasteiger partial charge in [-0.3, -0.25) is 9.59 Å². The Balaban J connectivity index is 1.81. The minimum Gasteiger partial charge on any atom is -0.455 e. The van der Waals surface area contributed by atoms with E-state index in [-0.39, 0.29) is 17.4 Å². The summed E-state index contributed by atoms with van der Waals surface area (Å²) in [7, 11) is 0. The molecule has 0 bridgehead atoms. The van der Waals surface area contributed by atoms with Crippen LogP contribution in [0, 0.1) is 6.92 Å². The van der Waals surface area contributed by atoms with Crippen LogP contribution in [0.25, 0.3) is 22.3 Å². The van der Waals surface area contributed by atoms with Crippen LogP contribution < -0.4 is 16.1 Å². The van der Waals surface area contributed by atoms with E-state index in [4.69, 9.17) is 4.42 Å². The first-order chi connectivity index (χ1) is 13.1. The van der Waals surface area contributed by atoms with E-state index in [0.29, 0.717) is 27.9 Å². The van der Waals surface area contributed by atoms with E-state index in [1.54, 1.807) is 25.1 Å². The van der Waals surface area contributed by atoms with Gasteiger partial charge in [-0.2, -0.15) is 0 Å². The number of benzene rings is 2. The van der Waals surface area contributed by atoms with Gasteiger partial charge in [-0.1, -0.05) is 36.4 Å². The Kier molecular flexibility index (Phi) is 4.77. The predicted molar refractivity (Wildman–Crippen MR) is 106 cm³/mol. The smallest absolute Gasteiger partial charge is 0.255 e. The zero-order valence-electron chi connectivity index (χ0n) is 15.2. The molecule has 1 saturated heterocycles. The molecule has 1 aliphatic rings. The van der Waals surface area contributed by atoms with Crippen LogP contribution in [-0.4, -0.2) is 25.0 Å². The number of nitrogens with one attached hydrogen (secondary N) is 2. The van der Waals surface area contributed by atoms with Gasteiger partial charge in [0.25, 0.3) is 5.91 Å². The summed E-state index contributed by atoms with van der Waals surface area (Å²) in [5.74, 6) is 0.299. The van der Waals surface area contributed by atoms with Crippen LogP contribution in [0.5, 0.6) is 0 Å². The Morgan fingerprint density at radius 1 is 1.15 bits per heavy atom. The Labute approximate surface area is 157 Å². The van der Waals surface area contributed by atoms with Gasteiger partial charge in [0.15, 0.2) is 11.0 Å². The van der Waals surface area contributed by atoms with Gasteiger partial charge in [0.2, 0.25) is 0 Å². The van der Waals surface area contributed by atoms with Gasteiger partial charge in [0.05, 0.1) is 10.9 Å². The van der Waals surface area contributed by atoms with Crippen LogP contribution in [0.2, 0.25) is 0 Å². The van der Waals surface area contributed by atoms with E-state index in [9.17, 15) is 9.59 Å². The quantitative estimate of drug-likeness (QED) is 0.750. The highest BCUT2D eigenvalue weighted by atomic mass is 16.3. The number of amides is 1. The second kappa shape index (κ2) is 7.37. The number of fused-ring (bicyclic) bond motifs is 1. The molecule has 2 N–H and O–H groups in total. The summed E-state index contributed by atoms with van der Waals surface area (Å²) in [6, 6.07) is 14.7. The lowest BCUT2D eigenvalue weighted by atomic mass is 10.0. The zero-order chi connectivity index (χ0) is 18.8. The molecule has 0 spiro atoms. The van der Waals surface area contributed by atoms with Crippen molar-refractivity contribution >= 4 is 16.9 Å². The maximum atomic E-state index is 12.9. The summed E-state index contributed by atoms with van der Waals surface area (Å²) in [5, 5.41) is 6.78. The molecule has 1 aromatic heterocycles. The molecule has 1 aliphatic heterocycles. The fraction of sp³-hybridized carbons (Fsp3) is 0.273. The molecule has 4 rings (SSSR count). The summed E-state index contributed by atoms with van der Waals surface area (Å²) in [4.78, 5) is 25.8. The molecule has 5 nitrogen and oxygen atoms in total. The van der Waals surface area contributed by atoms with Crippen LogP contribution in [0.1, 0.15) is 28.8 Å². The van der Waals surface area contributed by atoms with Crippen LogP contribution in [0.15, 0.2) is 57.7 Å². The third-order valence-corrected chi connectivity index (χ3v) is 5.06. The fourth-order valence-electron chi connectivity index (χ4n) is 3.59. The van der Waals surface area contributed by atoms with E-state index in [0.717, 1.165) is 31.5 Å². The minimum atomic E-state index is -0.208. The number of para-hydroxylation sites is 1. The van der Waals surface area contributed by atoms with Crippen LogP contribution in [-0.2, 0) is 0 Å². The van der Waals surface area contributed by atoms with Crippen molar-refractivity contribution in [2.24, 2.45) is 0 Å². The molecule has 5 heteroatoms. The topological polar surface area (TPSA) is 71.3 Å². The second-order valence-corrected chi connectivity index (χ2v) is 6.95. The zero-order valence-corrected chi connectivity index (χ0v) is 15.2. The van der Waals surface area contributed by atoms with E-state index < -0.39 is 0 Å².